The van der Waals surface area contributed by atoms with Crippen molar-refractivity contribution < 1.29 is 19.2 Å². The number of ketones is 1. The van der Waals surface area contributed by atoms with Gasteiger partial charge in [0, 0.05) is 30.3 Å². The van der Waals surface area contributed by atoms with Crippen molar-refractivity contribution in [2.24, 2.45) is 10.7 Å². The first-order valence-electron chi connectivity index (χ1n) is 10.5. The second-order valence-corrected chi connectivity index (χ2v) is 7.24. The summed E-state index contributed by atoms with van der Waals surface area (Å²) in [5.74, 6) is 0.0468. The highest BCUT2D eigenvalue weighted by Gasteiger charge is 2.19. The molecule has 1 heterocycles. The number of guanidine groups is 1. The summed E-state index contributed by atoms with van der Waals surface area (Å²) in [5, 5.41) is 15.9. The van der Waals surface area contributed by atoms with Crippen LogP contribution in [0.3, 0.4) is 0 Å². The first-order valence-corrected chi connectivity index (χ1v) is 10.5. The highest BCUT2D eigenvalue weighted by Crippen LogP contribution is 2.29. The molecular formula is C24H28N4O4. The zero-order valence-corrected chi connectivity index (χ0v) is 18.0. The van der Waals surface area contributed by atoms with E-state index >= 15 is 0 Å². The number of hydrogen-bond donors (Lipinski definition) is 3. The number of nitrogens with zero attached hydrogens (tertiary/aromatic N) is 2. The van der Waals surface area contributed by atoms with Crippen molar-refractivity contribution in [2.45, 2.75) is 19.3 Å². The van der Waals surface area contributed by atoms with Gasteiger partial charge in [0.25, 0.3) is 0 Å². The number of carbonyl (C=O) groups is 1. The summed E-state index contributed by atoms with van der Waals surface area (Å²) in [5.41, 5.74) is 9.42. The first kappa shape index (κ1) is 23.2. The molecule has 0 aliphatic rings. The van der Waals surface area contributed by atoms with Crippen LogP contribution in [0.5, 0.6) is 0 Å². The SMILES string of the molecule is CC(c1cccc(C(=O)c2ccccc2)c1)c1nocc1NC(N)=NCCOCCCO. The molecule has 1 aromatic heterocycles. The molecule has 1 unspecified atom stereocenters. The van der Waals surface area contributed by atoms with Crippen molar-refractivity contribution in [3.8, 4) is 0 Å². The zero-order valence-electron chi connectivity index (χ0n) is 18.0. The third kappa shape index (κ3) is 6.26. The molecule has 8 heteroatoms. The molecule has 168 valence electrons. The fourth-order valence-electron chi connectivity index (χ4n) is 3.19. The van der Waals surface area contributed by atoms with Crippen molar-refractivity contribution in [3.63, 3.8) is 0 Å². The number of ether oxygens (including phenoxy) is 1. The Labute approximate surface area is 187 Å². The number of anilines is 1. The van der Waals surface area contributed by atoms with Crippen LogP contribution in [0.15, 0.2) is 70.4 Å². The summed E-state index contributed by atoms with van der Waals surface area (Å²) < 4.78 is 10.5. The molecule has 0 amide bonds. The Morgan fingerprint density at radius 2 is 1.97 bits per heavy atom. The number of aromatic nitrogens is 1. The van der Waals surface area contributed by atoms with Crippen LogP contribution in [0.2, 0.25) is 0 Å². The van der Waals surface area contributed by atoms with Crippen LogP contribution in [-0.2, 0) is 4.74 Å². The Balaban J connectivity index is 1.67. The third-order valence-corrected chi connectivity index (χ3v) is 4.92. The van der Waals surface area contributed by atoms with E-state index in [1.807, 2.05) is 43.3 Å². The minimum absolute atomic E-state index is 0.0317. The predicted octanol–water partition coefficient (Wildman–Crippen LogP) is 3.18. The Kier molecular flexibility index (Phi) is 8.53. The van der Waals surface area contributed by atoms with Crippen LogP contribution < -0.4 is 11.1 Å². The monoisotopic (exact) mass is 436 g/mol. The quantitative estimate of drug-likeness (QED) is 0.183. The molecule has 0 saturated heterocycles. The molecule has 0 aliphatic carbocycles. The first-order chi connectivity index (χ1) is 15.6. The van der Waals surface area contributed by atoms with Gasteiger partial charge in [0.15, 0.2) is 11.7 Å². The number of aliphatic imine (C=N–C) groups is 1. The van der Waals surface area contributed by atoms with E-state index in [-0.39, 0.29) is 24.3 Å². The van der Waals surface area contributed by atoms with E-state index in [9.17, 15) is 4.79 Å². The Morgan fingerprint density at radius 3 is 2.75 bits per heavy atom. The Morgan fingerprint density at radius 1 is 1.19 bits per heavy atom. The van der Waals surface area contributed by atoms with Gasteiger partial charge in [-0.05, 0) is 18.1 Å². The average molecular weight is 437 g/mol. The van der Waals surface area contributed by atoms with E-state index in [2.05, 4.69) is 15.5 Å². The molecule has 3 aromatic rings. The van der Waals surface area contributed by atoms with Crippen LogP contribution in [0, 0.1) is 0 Å². The fourth-order valence-corrected chi connectivity index (χ4v) is 3.19. The smallest absolute Gasteiger partial charge is 0.193 e. The van der Waals surface area contributed by atoms with E-state index in [0.29, 0.717) is 48.7 Å². The highest BCUT2D eigenvalue weighted by atomic mass is 16.5. The van der Waals surface area contributed by atoms with Gasteiger partial charge >= 0.3 is 0 Å². The second-order valence-electron chi connectivity index (χ2n) is 7.24. The van der Waals surface area contributed by atoms with Gasteiger partial charge in [-0.1, -0.05) is 60.6 Å². The van der Waals surface area contributed by atoms with Crippen LogP contribution in [0.1, 0.15) is 46.4 Å². The van der Waals surface area contributed by atoms with Gasteiger partial charge in [-0.25, -0.2) is 0 Å². The number of nitrogens with two attached hydrogens (primary N) is 1. The van der Waals surface area contributed by atoms with Crippen LogP contribution in [0.25, 0.3) is 0 Å². The van der Waals surface area contributed by atoms with Crippen molar-refractivity contribution in [3.05, 3.63) is 83.2 Å². The van der Waals surface area contributed by atoms with Gasteiger partial charge < -0.3 is 25.4 Å². The lowest BCUT2D eigenvalue weighted by molar-refractivity contribution is 0.103. The number of aliphatic hydroxyl groups excluding tert-OH is 1. The lowest BCUT2D eigenvalue weighted by Gasteiger charge is -2.13. The molecule has 1 atom stereocenters. The topological polar surface area (TPSA) is 123 Å². The van der Waals surface area contributed by atoms with Crippen molar-refractivity contribution in [1.29, 1.82) is 0 Å². The summed E-state index contributed by atoms with van der Waals surface area (Å²) in [6.45, 7) is 3.38. The lowest BCUT2D eigenvalue weighted by Crippen LogP contribution is -2.24. The summed E-state index contributed by atoms with van der Waals surface area (Å²) >= 11 is 0. The van der Waals surface area contributed by atoms with Crippen LogP contribution in [-0.4, -0.2) is 48.4 Å². The maximum Gasteiger partial charge on any atom is 0.193 e. The van der Waals surface area contributed by atoms with Crippen LogP contribution in [0.4, 0.5) is 5.69 Å². The normalized spacial score (nSPS) is 12.5. The third-order valence-electron chi connectivity index (χ3n) is 4.92. The molecule has 0 bridgehead atoms. The predicted molar refractivity (Wildman–Crippen MR) is 123 cm³/mol. The molecule has 3 rings (SSSR count). The summed E-state index contributed by atoms with van der Waals surface area (Å²) in [6.07, 6.45) is 2.07. The minimum atomic E-state index is -0.144. The molecule has 2 aromatic carbocycles. The maximum absolute atomic E-state index is 12.8. The van der Waals surface area contributed by atoms with Crippen molar-refractivity contribution in [1.82, 2.24) is 5.16 Å². The minimum Gasteiger partial charge on any atom is -0.396 e. The number of benzene rings is 2. The van der Waals surface area contributed by atoms with E-state index < -0.39 is 0 Å². The number of nitrogens with one attached hydrogen (secondary N) is 1. The molecule has 0 aliphatic heterocycles. The van der Waals surface area contributed by atoms with Gasteiger partial charge in [-0.15, -0.1) is 0 Å². The molecule has 32 heavy (non-hydrogen) atoms. The zero-order chi connectivity index (χ0) is 22.8. The van der Waals surface area contributed by atoms with Gasteiger partial charge in [0.2, 0.25) is 0 Å². The van der Waals surface area contributed by atoms with Crippen molar-refractivity contribution in [2.75, 3.05) is 31.7 Å². The second kappa shape index (κ2) is 11.8. The van der Waals surface area contributed by atoms with E-state index in [1.165, 1.54) is 6.26 Å². The Hall–Kier alpha value is -3.49. The molecule has 0 radical (unpaired) electrons. The van der Waals surface area contributed by atoms with Gasteiger partial charge in [0.05, 0.1) is 13.2 Å². The maximum atomic E-state index is 12.8. The van der Waals surface area contributed by atoms with E-state index in [1.54, 1.807) is 18.2 Å². The fraction of sp³-hybridized carbons (Fsp3) is 0.292. The Bertz CT molecular complexity index is 1030. The highest BCUT2D eigenvalue weighted by molar-refractivity contribution is 6.09. The van der Waals surface area contributed by atoms with Gasteiger partial charge in [-0.3, -0.25) is 9.79 Å². The molecule has 0 fully saturated rings. The largest absolute Gasteiger partial charge is 0.396 e. The standard InChI is InChI=1S/C24H28N4O4/c1-17(19-9-5-10-20(15-19)23(30)18-7-3-2-4-8-18)22-21(16-32-28-22)27-24(25)26-11-14-31-13-6-12-29/h2-5,7-10,15-17,29H,6,11-14H2,1H3,(H3,25,26,27). The van der Waals surface area contributed by atoms with Gasteiger partial charge in [-0.2, -0.15) is 0 Å². The van der Waals surface area contributed by atoms with Gasteiger partial charge in [0.1, 0.15) is 17.6 Å². The molecular weight excluding hydrogens is 408 g/mol. The summed E-state index contributed by atoms with van der Waals surface area (Å²) in [4.78, 5) is 17.0. The van der Waals surface area contributed by atoms with E-state index in [0.717, 1.165) is 5.56 Å². The number of rotatable bonds is 11. The lowest BCUT2D eigenvalue weighted by atomic mass is 9.93. The van der Waals surface area contributed by atoms with E-state index in [4.69, 9.17) is 20.1 Å². The van der Waals surface area contributed by atoms with Crippen LogP contribution >= 0.6 is 0 Å². The number of hydrogen-bond acceptors (Lipinski definition) is 6. The van der Waals surface area contributed by atoms with Crippen molar-refractivity contribution >= 4 is 17.4 Å². The average Bonchev–Trinajstić information content (AvgIpc) is 3.29. The number of aliphatic hydroxyl groups is 1. The molecule has 0 saturated carbocycles. The molecule has 4 N–H and O–H groups in total. The molecule has 0 spiro atoms. The number of carbonyl (C=O) groups excluding carboxylic acids is 1. The summed E-state index contributed by atoms with van der Waals surface area (Å²) in [6, 6.07) is 16.7. The molecule has 8 nitrogen and oxygen atoms in total. The summed E-state index contributed by atoms with van der Waals surface area (Å²) in [7, 11) is 0.